The Morgan fingerprint density at radius 1 is 1.13 bits per heavy atom. The van der Waals surface area contributed by atoms with E-state index in [0.717, 1.165) is 68.9 Å². The molecule has 1 atom stereocenters. The number of likely N-dealkylation sites (N-methyl/N-ethyl adjacent to an activating group) is 1. The molecule has 3 heterocycles. The second kappa shape index (κ2) is 14.6. The summed E-state index contributed by atoms with van der Waals surface area (Å²) in [7, 11) is 3.76. The number of benzene rings is 1. The van der Waals surface area contributed by atoms with Gasteiger partial charge in [-0.15, -0.1) is 0 Å². The molecule has 2 amide bonds. The third kappa shape index (κ3) is 7.35. The van der Waals surface area contributed by atoms with Crippen molar-refractivity contribution in [2.45, 2.75) is 76.3 Å². The summed E-state index contributed by atoms with van der Waals surface area (Å²) in [6.45, 7) is 2.83. The number of nitrogens with one attached hydrogen (secondary N) is 1. The molecule has 5 rings (SSSR count). The molecule has 1 saturated carbocycles. The number of imidazole rings is 1. The molecule has 2 aliphatic rings. The van der Waals surface area contributed by atoms with Crippen LogP contribution in [0.15, 0.2) is 29.2 Å². The van der Waals surface area contributed by atoms with Crippen molar-refractivity contribution in [3.05, 3.63) is 56.3 Å². The molecule has 2 aromatic heterocycles. The fourth-order valence-corrected chi connectivity index (χ4v) is 6.73. The van der Waals surface area contributed by atoms with E-state index < -0.39 is 34.7 Å². The number of alkyl halides is 2. The second-order valence-corrected chi connectivity index (χ2v) is 12.4. The van der Waals surface area contributed by atoms with Crippen LogP contribution in [0, 0.1) is 16.0 Å². The van der Waals surface area contributed by atoms with Crippen LogP contribution in [-0.4, -0.2) is 73.9 Å². The average molecular weight is 646 g/mol. The summed E-state index contributed by atoms with van der Waals surface area (Å²) >= 11 is 0. The van der Waals surface area contributed by atoms with Crippen LogP contribution in [0.5, 0.6) is 0 Å². The zero-order chi connectivity index (χ0) is 33.0. The van der Waals surface area contributed by atoms with Crippen LogP contribution >= 0.6 is 0 Å². The first-order chi connectivity index (χ1) is 22.0. The lowest BCUT2D eigenvalue weighted by molar-refractivity contribution is -0.386. The van der Waals surface area contributed by atoms with Gasteiger partial charge in [0.15, 0.2) is 0 Å². The largest absolute Gasteiger partial charge is 0.380 e. The topological polar surface area (TPSA) is 147 Å². The molecule has 1 N–H and O–H groups in total. The molecule has 0 radical (unpaired) electrons. The Kier molecular flexibility index (Phi) is 10.6. The Hall–Kier alpha value is -3.98. The number of nitro groups is 1. The third-order valence-electron chi connectivity index (χ3n) is 9.31. The molecular formula is C31H41F2N7O6. The zero-order valence-electron chi connectivity index (χ0n) is 26.2. The van der Waals surface area contributed by atoms with E-state index in [-0.39, 0.29) is 24.1 Å². The van der Waals surface area contributed by atoms with E-state index in [1.54, 1.807) is 11.6 Å². The van der Waals surface area contributed by atoms with Gasteiger partial charge < -0.3 is 9.64 Å². The van der Waals surface area contributed by atoms with E-state index in [2.05, 4.69) is 22.4 Å². The summed E-state index contributed by atoms with van der Waals surface area (Å²) < 4.78 is 36.6. The van der Waals surface area contributed by atoms with Crippen LogP contribution in [0.4, 0.5) is 14.5 Å². The number of amides is 2. The minimum absolute atomic E-state index is 0.101. The quantitative estimate of drug-likeness (QED) is 0.120. The fraction of sp³-hybridized carbons (Fsp3) is 0.613. The molecule has 2 fully saturated rings. The first-order valence-corrected chi connectivity index (χ1v) is 15.9. The van der Waals surface area contributed by atoms with Gasteiger partial charge in [0.2, 0.25) is 17.5 Å². The van der Waals surface area contributed by atoms with E-state index in [0.29, 0.717) is 37.5 Å². The third-order valence-corrected chi connectivity index (χ3v) is 9.31. The Morgan fingerprint density at radius 3 is 2.57 bits per heavy atom. The number of rotatable bonds is 14. The number of aromatic nitrogens is 4. The summed E-state index contributed by atoms with van der Waals surface area (Å²) in [5.41, 5.74) is 0.807. The molecule has 1 aliphatic carbocycles. The molecule has 1 unspecified atom stereocenters. The highest BCUT2D eigenvalue weighted by molar-refractivity contribution is 6.00. The Labute approximate surface area is 264 Å². The number of carbonyl (C=O) groups excluding carboxylic acids is 2. The van der Waals surface area contributed by atoms with Crippen LogP contribution < -0.4 is 11.0 Å². The summed E-state index contributed by atoms with van der Waals surface area (Å²) in [4.78, 5) is 49.7. The number of ether oxygens (including phenoxy) is 1. The zero-order valence-corrected chi connectivity index (χ0v) is 26.2. The predicted molar refractivity (Wildman–Crippen MR) is 165 cm³/mol. The fourth-order valence-electron chi connectivity index (χ4n) is 6.73. The Balaban J connectivity index is 1.02. The van der Waals surface area contributed by atoms with Gasteiger partial charge in [-0.3, -0.25) is 38.8 Å². The average Bonchev–Trinajstić information content (AvgIpc) is 3.59. The van der Waals surface area contributed by atoms with E-state index >= 15 is 0 Å². The number of imide groups is 1. The minimum Gasteiger partial charge on any atom is -0.380 e. The van der Waals surface area contributed by atoms with Crippen LogP contribution in [0.3, 0.4) is 0 Å². The SMILES string of the molecule is CN(CCOCCCc1cccc2c1n(C)c(=O)n2C1CCC(=O)NC1=O)CCC1CCC(n2cc([N+](=O)[O-])c(C(F)F)n2)CC1. The monoisotopic (exact) mass is 645 g/mol. The first kappa shape index (κ1) is 33.4. The molecule has 1 aliphatic heterocycles. The summed E-state index contributed by atoms with van der Waals surface area (Å²) in [6.07, 6.45) is 4.48. The van der Waals surface area contributed by atoms with Crippen molar-refractivity contribution in [3.63, 3.8) is 0 Å². The number of carbonyl (C=O) groups is 2. The number of fused-ring (bicyclic) bond motifs is 1. The first-order valence-electron chi connectivity index (χ1n) is 15.9. The van der Waals surface area contributed by atoms with Gasteiger partial charge in [-0.25, -0.2) is 13.6 Å². The van der Waals surface area contributed by atoms with Crippen LogP contribution in [0.1, 0.15) is 81.1 Å². The van der Waals surface area contributed by atoms with Crippen LogP contribution in [0.25, 0.3) is 11.0 Å². The van der Waals surface area contributed by atoms with E-state index in [1.807, 2.05) is 18.2 Å². The molecular weight excluding hydrogens is 604 g/mol. The van der Waals surface area contributed by atoms with Crippen LogP contribution in [0.2, 0.25) is 0 Å². The molecule has 13 nitrogen and oxygen atoms in total. The summed E-state index contributed by atoms with van der Waals surface area (Å²) in [5, 5.41) is 17.3. The Morgan fingerprint density at radius 2 is 1.89 bits per heavy atom. The highest BCUT2D eigenvalue weighted by Crippen LogP contribution is 2.36. The van der Waals surface area contributed by atoms with Gasteiger partial charge in [0.1, 0.15) is 12.2 Å². The normalized spacial score (nSPS) is 20.6. The maximum absolute atomic E-state index is 13.2. The van der Waals surface area contributed by atoms with Gasteiger partial charge in [0.25, 0.3) is 6.43 Å². The van der Waals surface area contributed by atoms with Gasteiger partial charge in [-0.05, 0) is 82.5 Å². The number of hydrogen-bond donors (Lipinski definition) is 1. The standard InChI is InChI=1S/C31H41F2N7O6/c1-36(15-14-20-8-10-22(11-9-20)38-19-25(40(44)45)27(35-38)29(32)33)16-18-46-17-4-6-21-5-3-7-23-28(21)37(2)31(43)39(23)24-12-13-26(41)34-30(24)42/h3,5,7,19-20,22,24,29H,4,6,8-18H2,1-2H3,(H,34,41,42). The number of hydrogen-bond acceptors (Lipinski definition) is 8. The summed E-state index contributed by atoms with van der Waals surface area (Å²) in [5.74, 6) is -0.266. The highest BCUT2D eigenvalue weighted by Gasteiger charge is 2.32. The highest BCUT2D eigenvalue weighted by atomic mass is 19.3. The number of piperidine rings is 1. The van der Waals surface area contributed by atoms with Crippen molar-refractivity contribution < 1.29 is 28.0 Å². The van der Waals surface area contributed by atoms with Gasteiger partial charge >= 0.3 is 11.4 Å². The number of nitrogens with zero attached hydrogens (tertiary/aromatic N) is 6. The van der Waals surface area contributed by atoms with Crippen molar-refractivity contribution in [1.82, 2.24) is 29.1 Å². The molecule has 1 aromatic carbocycles. The van der Waals surface area contributed by atoms with Gasteiger partial charge in [0.05, 0.1) is 28.6 Å². The lowest BCUT2D eigenvalue weighted by atomic mass is 9.84. The molecule has 15 heteroatoms. The minimum atomic E-state index is -2.98. The van der Waals surface area contributed by atoms with Crippen molar-refractivity contribution >= 4 is 28.5 Å². The van der Waals surface area contributed by atoms with Gasteiger partial charge in [-0.2, -0.15) is 5.10 Å². The number of halogens is 2. The lowest BCUT2D eigenvalue weighted by Gasteiger charge is -2.29. The van der Waals surface area contributed by atoms with Crippen molar-refractivity contribution in [2.75, 3.05) is 33.4 Å². The van der Waals surface area contributed by atoms with Crippen molar-refractivity contribution in [2.24, 2.45) is 13.0 Å². The van der Waals surface area contributed by atoms with E-state index in [1.165, 1.54) is 9.25 Å². The lowest BCUT2D eigenvalue weighted by Crippen LogP contribution is -2.44. The van der Waals surface area contributed by atoms with Crippen LogP contribution in [-0.2, 0) is 27.8 Å². The molecule has 250 valence electrons. The van der Waals surface area contributed by atoms with Gasteiger partial charge in [-0.1, -0.05) is 12.1 Å². The molecule has 1 saturated heterocycles. The molecule has 3 aromatic rings. The number of aryl methyl sites for hydroxylation is 2. The van der Waals surface area contributed by atoms with Gasteiger partial charge in [0, 0.05) is 26.6 Å². The Bertz CT molecular complexity index is 1620. The number of para-hydroxylation sites is 1. The maximum Gasteiger partial charge on any atom is 0.329 e. The predicted octanol–water partition coefficient (Wildman–Crippen LogP) is 4.06. The smallest absolute Gasteiger partial charge is 0.329 e. The van der Waals surface area contributed by atoms with Crippen molar-refractivity contribution in [3.8, 4) is 0 Å². The molecule has 0 bridgehead atoms. The summed E-state index contributed by atoms with van der Waals surface area (Å²) in [6, 6.07) is 4.89. The van der Waals surface area contributed by atoms with E-state index in [9.17, 15) is 33.3 Å². The second-order valence-electron chi connectivity index (χ2n) is 12.4. The van der Waals surface area contributed by atoms with E-state index in [4.69, 9.17) is 4.74 Å². The molecule has 46 heavy (non-hydrogen) atoms. The van der Waals surface area contributed by atoms with Crippen molar-refractivity contribution in [1.29, 1.82) is 0 Å². The molecule has 0 spiro atoms. The maximum atomic E-state index is 13.2.